The van der Waals surface area contributed by atoms with Crippen molar-refractivity contribution in [3.63, 3.8) is 0 Å². The average Bonchev–Trinajstić information content (AvgIpc) is 3.23. The molecule has 0 aromatic carbocycles. The third kappa shape index (κ3) is 14.5. The minimum atomic E-state index is -0.200. The van der Waals surface area contributed by atoms with Crippen LogP contribution in [-0.4, -0.2) is 75.6 Å². The second kappa shape index (κ2) is 15.4. The Bertz CT molecular complexity index is 791. The third-order valence-electron chi connectivity index (χ3n) is 7.60. The smallest absolute Gasteiger partial charge is 0.223 e. The minimum Gasteiger partial charge on any atom is -0.383 e. The molecule has 3 N–H and O–H groups in total. The number of nitrogens with one attached hydrogen (secondary N) is 3. The summed E-state index contributed by atoms with van der Waals surface area (Å²) in [5, 5.41) is 9.30. The SMILES string of the molecule is CNCCCC(=O)NCC(C)(C)CC(C)(C)CC(=O)NCC(C)(C)CC(C)(C)CC(=O)N1CCC[C@H]1COC. The minimum absolute atomic E-state index is 0.0494. The molecule has 1 atom stereocenters. The van der Waals surface area contributed by atoms with Crippen molar-refractivity contribution in [3.05, 3.63) is 0 Å². The van der Waals surface area contributed by atoms with Crippen LogP contribution in [0.1, 0.15) is 107 Å². The van der Waals surface area contributed by atoms with Gasteiger partial charge in [0.1, 0.15) is 0 Å². The van der Waals surface area contributed by atoms with Gasteiger partial charge < -0.3 is 25.6 Å². The number of carbonyl (C=O) groups is 3. The zero-order valence-corrected chi connectivity index (χ0v) is 26.8. The van der Waals surface area contributed by atoms with Gasteiger partial charge in [0.25, 0.3) is 0 Å². The molecule has 0 aromatic heterocycles. The first-order chi connectivity index (χ1) is 17.9. The second-order valence-electron chi connectivity index (χ2n) is 15.0. The van der Waals surface area contributed by atoms with Gasteiger partial charge in [0.05, 0.1) is 12.6 Å². The Morgan fingerprint density at radius 3 is 1.90 bits per heavy atom. The summed E-state index contributed by atoms with van der Waals surface area (Å²) in [5.74, 6) is 0.335. The zero-order chi connectivity index (χ0) is 29.9. The van der Waals surface area contributed by atoms with Gasteiger partial charge in [0.2, 0.25) is 17.7 Å². The van der Waals surface area contributed by atoms with Gasteiger partial charge in [-0.1, -0.05) is 55.4 Å². The highest BCUT2D eigenvalue weighted by Crippen LogP contribution is 2.38. The lowest BCUT2D eigenvalue weighted by atomic mass is 9.72. The van der Waals surface area contributed by atoms with E-state index in [0.29, 0.717) is 39.0 Å². The number of likely N-dealkylation sites (tertiary alicyclic amines) is 1. The summed E-state index contributed by atoms with van der Waals surface area (Å²) in [6, 6.07) is 0.193. The first-order valence-electron chi connectivity index (χ1n) is 14.9. The Hall–Kier alpha value is -1.67. The van der Waals surface area contributed by atoms with E-state index >= 15 is 0 Å². The Morgan fingerprint density at radius 1 is 0.821 bits per heavy atom. The Balaban J connectivity index is 2.53. The molecular weight excluding hydrogens is 492 g/mol. The number of amides is 3. The number of ether oxygens (including phenoxy) is 1. The molecule has 0 radical (unpaired) electrons. The van der Waals surface area contributed by atoms with Crippen LogP contribution in [0.2, 0.25) is 0 Å². The van der Waals surface area contributed by atoms with Gasteiger partial charge in [0, 0.05) is 46.0 Å². The molecule has 1 aliphatic rings. The van der Waals surface area contributed by atoms with Crippen molar-refractivity contribution in [1.82, 2.24) is 20.9 Å². The zero-order valence-electron chi connectivity index (χ0n) is 26.8. The molecule has 0 bridgehead atoms. The number of methoxy groups -OCH3 is 1. The molecule has 1 aliphatic heterocycles. The van der Waals surface area contributed by atoms with E-state index in [9.17, 15) is 14.4 Å². The molecule has 0 saturated carbocycles. The van der Waals surface area contributed by atoms with Gasteiger partial charge in [-0.15, -0.1) is 0 Å². The molecule has 1 heterocycles. The number of rotatable bonds is 18. The Kier molecular flexibility index (Phi) is 13.9. The summed E-state index contributed by atoms with van der Waals surface area (Å²) in [5.41, 5.74) is -0.631. The van der Waals surface area contributed by atoms with Crippen LogP contribution in [0, 0.1) is 21.7 Å². The van der Waals surface area contributed by atoms with E-state index in [0.717, 1.165) is 45.2 Å². The fraction of sp³-hybridized carbons (Fsp3) is 0.903. The maximum absolute atomic E-state index is 13.1. The summed E-state index contributed by atoms with van der Waals surface area (Å²) in [6.07, 6.45) is 5.98. The summed E-state index contributed by atoms with van der Waals surface area (Å²) < 4.78 is 5.32. The fourth-order valence-electron chi connectivity index (χ4n) is 6.57. The quantitative estimate of drug-likeness (QED) is 0.217. The van der Waals surface area contributed by atoms with E-state index in [1.165, 1.54) is 0 Å². The monoisotopic (exact) mass is 552 g/mol. The highest BCUT2D eigenvalue weighted by molar-refractivity contribution is 5.78. The van der Waals surface area contributed by atoms with E-state index in [1.807, 2.05) is 11.9 Å². The van der Waals surface area contributed by atoms with Crippen molar-refractivity contribution in [3.8, 4) is 0 Å². The van der Waals surface area contributed by atoms with Crippen LogP contribution in [0.5, 0.6) is 0 Å². The number of hydrogen-bond acceptors (Lipinski definition) is 5. The van der Waals surface area contributed by atoms with E-state index in [-0.39, 0.29) is 45.4 Å². The number of nitrogens with zero attached hydrogens (tertiary/aromatic N) is 1. The lowest BCUT2D eigenvalue weighted by molar-refractivity contribution is -0.135. The summed E-state index contributed by atoms with van der Waals surface area (Å²) >= 11 is 0. The molecule has 1 saturated heterocycles. The van der Waals surface area contributed by atoms with Crippen molar-refractivity contribution >= 4 is 17.7 Å². The van der Waals surface area contributed by atoms with E-state index in [1.54, 1.807) is 7.11 Å². The molecule has 0 aromatic rings. The van der Waals surface area contributed by atoms with Gasteiger partial charge in [-0.05, 0) is 67.4 Å². The molecular formula is C31H60N4O4. The van der Waals surface area contributed by atoms with E-state index < -0.39 is 0 Å². The highest BCUT2D eigenvalue weighted by Gasteiger charge is 2.36. The first-order valence-corrected chi connectivity index (χ1v) is 14.9. The van der Waals surface area contributed by atoms with Gasteiger partial charge in [0.15, 0.2) is 0 Å². The van der Waals surface area contributed by atoms with Crippen LogP contribution in [-0.2, 0) is 19.1 Å². The van der Waals surface area contributed by atoms with Gasteiger partial charge in [-0.3, -0.25) is 14.4 Å². The van der Waals surface area contributed by atoms with Crippen molar-refractivity contribution in [2.24, 2.45) is 21.7 Å². The molecule has 39 heavy (non-hydrogen) atoms. The van der Waals surface area contributed by atoms with Crippen LogP contribution in [0.15, 0.2) is 0 Å². The molecule has 228 valence electrons. The average molecular weight is 553 g/mol. The maximum atomic E-state index is 13.1. The largest absolute Gasteiger partial charge is 0.383 e. The van der Waals surface area contributed by atoms with Crippen LogP contribution >= 0.6 is 0 Å². The summed E-state index contributed by atoms with van der Waals surface area (Å²) in [7, 11) is 3.58. The molecule has 0 aliphatic carbocycles. The molecule has 1 fully saturated rings. The maximum Gasteiger partial charge on any atom is 0.223 e. The van der Waals surface area contributed by atoms with Crippen LogP contribution in [0.4, 0.5) is 0 Å². The lowest BCUT2D eigenvalue weighted by Crippen LogP contribution is -2.42. The third-order valence-corrected chi connectivity index (χ3v) is 7.60. The van der Waals surface area contributed by atoms with Crippen LogP contribution < -0.4 is 16.0 Å². The van der Waals surface area contributed by atoms with E-state index in [2.05, 4.69) is 71.3 Å². The van der Waals surface area contributed by atoms with Crippen molar-refractivity contribution < 1.29 is 19.1 Å². The fourth-order valence-corrected chi connectivity index (χ4v) is 6.57. The molecule has 1 rings (SSSR count). The van der Waals surface area contributed by atoms with Crippen molar-refractivity contribution in [2.75, 3.05) is 46.9 Å². The lowest BCUT2D eigenvalue weighted by Gasteiger charge is -2.37. The van der Waals surface area contributed by atoms with Crippen LogP contribution in [0.3, 0.4) is 0 Å². The van der Waals surface area contributed by atoms with Gasteiger partial charge in [-0.25, -0.2) is 0 Å². The Morgan fingerprint density at radius 2 is 1.36 bits per heavy atom. The molecule has 3 amide bonds. The Labute approximate surface area is 239 Å². The normalized spacial score (nSPS) is 16.9. The molecule has 8 nitrogen and oxygen atoms in total. The first kappa shape index (κ1) is 35.4. The van der Waals surface area contributed by atoms with Crippen molar-refractivity contribution in [2.45, 2.75) is 113 Å². The molecule has 0 spiro atoms. The van der Waals surface area contributed by atoms with Crippen LogP contribution in [0.25, 0.3) is 0 Å². The summed E-state index contributed by atoms with van der Waals surface area (Å²) in [6.45, 7) is 20.6. The summed E-state index contributed by atoms with van der Waals surface area (Å²) in [4.78, 5) is 40.2. The highest BCUT2D eigenvalue weighted by atomic mass is 16.5. The topological polar surface area (TPSA) is 99.8 Å². The predicted molar refractivity (Wildman–Crippen MR) is 159 cm³/mol. The molecule has 8 heteroatoms. The number of hydrogen-bond donors (Lipinski definition) is 3. The van der Waals surface area contributed by atoms with E-state index in [4.69, 9.17) is 4.74 Å². The van der Waals surface area contributed by atoms with Crippen molar-refractivity contribution in [1.29, 1.82) is 0 Å². The predicted octanol–water partition coefficient (Wildman–Crippen LogP) is 4.52. The second-order valence-corrected chi connectivity index (χ2v) is 15.0. The standard InChI is InChI=1S/C31H60N4O4/c1-28(2,20-30(5,6)22-33-25(36)14-11-15-32-9)17-26(37)34-23-31(7,8)21-29(3,4)18-27(38)35-16-12-13-24(35)19-39-10/h24,32H,11-23H2,1-10H3,(H,33,36)(H,34,37)/t24-/m0/s1. The molecule has 0 unspecified atom stereocenters. The van der Waals surface area contributed by atoms with Gasteiger partial charge in [-0.2, -0.15) is 0 Å². The van der Waals surface area contributed by atoms with Gasteiger partial charge >= 0.3 is 0 Å². The number of carbonyl (C=O) groups excluding carboxylic acids is 3.